The minimum Gasteiger partial charge on any atom is -0.497 e. The SMILES string of the molecule is COc1ccc(N[C@](C(=O)OC(C)C)(c2ccccc2)C2CCN(C(=O)OC(C)(C)C)CC2)cc1. The molecule has 1 heterocycles. The molecule has 3 rings (SSSR count). The van der Waals surface area contributed by atoms with E-state index in [1.165, 1.54) is 0 Å². The van der Waals surface area contributed by atoms with Crippen LogP contribution in [0.1, 0.15) is 53.0 Å². The zero-order valence-corrected chi connectivity index (χ0v) is 21.7. The van der Waals surface area contributed by atoms with Crippen molar-refractivity contribution in [2.24, 2.45) is 5.92 Å². The third kappa shape index (κ3) is 6.47. The molecule has 1 atom stereocenters. The molecule has 2 aromatic carbocycles. The second-order valence-corrected chi connectivity index (χ2v) is 10.2. The number of nitrogens with one attached hydrogen (secondary N) is 1. The fourth-order valence-electron chi connectivity index (χ4n) is 4.48. The van der Waals surface area contributed by atoms with Crippen molar-refractivity contribution in [3.63, 3.8) is 0 Å². The van der Waals surface area contributed by atoms with E-state index in [1.54, 1.807) is 12.0 Å². The van der Waals surface area contributed by atoms with Gasteiger partial charge in [0, 0.05) is 24.7 Å². The highest BCUT2D eigenvalue weighted by molar-refractivity contribution is 5.87. The van der Waals surface area contributed by atoms with Gasteiger partial charge in [0.25, 0.3) is 0 Å². The lowest BCUT2D eigenvalue weighted by atomic mass is 9.72. The van der Waals surface area contributed by atoms with Crippen LogP contribution in [-0.4, -0.2) is 48.9 Å². The van der Waals surface area contributed by atoms with Crippen LogP contribution in [0.3, 0.4) is 0 Å². The van der Waals surface area contributed by atoms with Gasteiger partial charge in [-0.3, -0.25) is 0 Å². The number of benzene rings is 2. The van der Waals surface area contributed by atoms with Crippen molar-refractivity contribution in [1.29, 1.82) is 0 Å². The monoisotopic (exact) mass is 482 g/mol. The number of carbonyl (C=O) groups is 2. The van der Waals surface area contributed by atoms with E-state index in [0.717, 1.165) is 17.0 Å². The molecule has 35 heavy (non-hydrogen) atoms. The number of piperidine rings is 1. The standard InChI is InChI=1S/C28H38N2O5/c1-20(2)34-25(31)28(21-10-8-7-9-11-21,29-23-12-14-24(33-6)15-13-23)22-16-18-30(19-17-22)26(32)35-27(3,4)5/h7-15,20,22,29H,16-19H2,1-6H3/t28-/m1/s1. The van der Waals surface area contributed by atoms with Gasteiger partial charge in [-0.2, -0.15) is 0 Å². The molecule has 1 saturated heterocycles. The van der Waals surface area contributed by atoms with Crippen molar-refractivity contribution >= 4 is 17.7 Å². The smallest absolute Gasteiger partial charge is 0.410 e. The summed E-state index contributed by atoms with van der Waals surface area (Å²) in [4.78, 5) is 28.3. The normalized spacial score (nSPS) is 16.4. The molecule has 1 aliphatic heterocycles. The highest BCUT2D eigenvalue weighted by Gasteiger charge is 2.50. The Morgan fingerprint density at radius 3 is 2.09 bits per heavy atom. The Morgan fingerprint density at radius 2 is 1.57 bits per heavy atom. The first kappa shape index (κ1) is 26.4. The largest absolute Gasteiger partial charge is 0.497 e. The van der Waals surface area contributed by atoms with E-state index in [9.17, 15) is 9.59 Å². The molecule has 7 heteroatoms. The van der Waals surface area contributed by atoms with Gasteiger partial charge in [0.2, 0.25) is 0 Å². The van der Waals surface area contributed by atoms with Crippen molar-refractivity contribution in [3.05, 3.63) is 60.2 Å². The number of esters is 1. The van der Waals surface area contributed by atoms with E-state index in [4.69, 9.17) is 14.2 Å². The van der Waals surface area contributed by atoms with Crippen molar-refractivity contribution in [3.8, 4) is 5.75 Å². The molecule has 0 radical (unpaired) electrons. The Kier molecular flexibility index (Phi) is 8.30. The lowest BCUT2D eigenvalue weighted by molar-refractivity contribution is -0.156. The number of amides is 1. The highest BCUT2D eigenvalue weighted by Crippen LogP contribution is 2.41. The number of hydrogen-bond acceptors (Lipinski definition) is 6. The fourth-order valence-corrected chi connectivity index (χ4v) is 4.48. The molecule has 0 saturated carbocycles. The van der Waals surface area contributed by atoms with Crippen molar-refractivity contribution in [1.82, 2.24) is 4.90 Å². The first-order valence-electron chi connectivity index (χ1n) is 12.2. The quantitative estimate of drug-likeness (QED) is 0.518. The Balaban J connectivity index is 1.98. The van der Waals surface area contributed by atoms with E-state index in [0.29, 0.717) is 25.9 Å². The number of ether oxygens (including phenoxy) is 3. The van der Waals surface area contributed by atoms with Gasteiger partial charge >= 0.3 is 12.1 Å². The number of rotatable bonds is 7. The van der Waals surface area contributed by atoms with Gasteiger partial charge in [-0.15, -0.1) is 0 Å². The maximum atomic E-state index is 13.9. The van der Waals surface area contributed by atoms with Gasteiger partial charge in [0.1, 0.15) is 11.4 Å². The maximum absolute atomic E-state index is 13.9. The summed E-state index contributed by atoms with van der Waals surface area (Å²) in [5.74, 6) is 0.290. The summed E-state index contributed by atoms with van der Waals surface area (Å²) >= 11 is 0. The van der Waals surface area contributed by atoms with E-state index < -0.39 is 11.1 Å². The Hall–Kier alpha value is -3.22. The van der Waals surface area contributed by atoms with Crippen molar-refractivity contribution in [2.75, 3.05) is 25.5 Å². The molecular weight excluding hydrogens is 444 g/mol. The second kappa shape index (κ2) is 11.0. The molecule has 190 valence electrons. The number of carbonyl (C=O) groups excluding carboxylic acids is 2. The lowest BCUT2D eigenvalue weighted by Crippen LogP contribution is -2.55. The number of hydrogen-bond donors (Lipinski definition) is 1. The van der Waals surface area contributed by atoms with E-state index in [1.807, 2.05) is 89.2 Å². The molecule has 1 fully saturated rings. The molecule has 2 aromatic rings. The summed E-state index contributed by atoms with van der Waals surface area (Å²) in [7, 11) is 1.62. The average Bonchev–Trinajstić information content (AvgIpc) is 2.82. The van der Waals surface area contributed by atoms with Gasteiger partial charge in [-0.25, -0.2) is 9.59 Å². The van der Waals surface area contributed by atoms with Crippen LogP contribution in [0, 0.1) is 5.92 Å². The molecule has 7 nitrogen and oxygen atoms in total. The Morgan fingerprint density at radius 1 is 0.971 bits per heavy atom. The van der Waals surface area contributed by atoms with Gasteiger partial charge in [0.05, 0.1) is 13.2 Å². The van der Waals surface area contributed by atoms with Crippen LogP contribution in [0.4, 0.5) is 10.5 Å². The van der Waals surface area contributed by atoms with Crippen LogP contribution in [0.25, 0.3) is 0 Å². The van der Waals surface area contributed by atoms with Crippen LogP contribution in [0.2, 0.25) is 0 Å². The number of nitrogens with zero attached hydrogens (tertiary/aromatic N) is 1. The Bertz CT molecular complexity index is 977. The molecule has 1 N–H and O–H groups in total. The van der Waals surface area contributed by atoms with Gasteiger partial charge in [-0.05, 0) is 77.3 Å². The zero-order chi connectivity index (χ0) is 25.6. The van der Waals surface area contributed by atoms with Crippen molar-refractivity contribution < 1.29 is 23.8 Å². The summed E-state index contributed by atoms with van der Waals surface area (Å²) in [6.45, 7) is 10.3. The highest BCUT2D eigenvalue weighted by atomic mass is 16.6. The van der Waals surface area contributed by atoms with E-state index in [2.05, 4.69) is 5.32 Å². The second-order valence-electron chi connectivity index (χ2n) is 10.2. The molecule has 1 amide bonds. The number of anilines is 1. The van der Waals surface area contributed by atoms with Gasteiger partial charge < -0.3 is 24.4 Å². The summed E-state index contributed by atoms with van der Waals surface area (Å²) in [5.41, 5.74) is -0.0686. The maximum Gasteiger partial charge on any atom is 0.410 e. The first-order chi connectivity index (χ1) is 16.5. The molecule has 1 aliphatic rings. The summed E-state index contributed by atoms with van der Waals surface area (Å²) in [6.07, 6.45) is 0.633. The van der Waals surface area contributed by atoms with E-state index in [-0.39, 0.29) is 24.1 Å². The predicted molar refractivity (Wildman–Crippen MR) is 136 cm³/mol. The Labute approximate surface area is 208 Å². The van der Waals surface area contributed by atoms with Crippen LogP contribution in [0.5, 0.6) is 5.75 Å². The molecule has 0 spiro atoms. The minimum atomic E-state index is -1.12. The van der Waals surface area contributed by atoms with Gasteiger partial charge in [-0.1, -0.05) is 30.3 Å². The molecular formula is C28H38N2O5. The van der Waals surface area contributed by atoms with Crippen LogP contribution < -0.4 is 10.1 Å². The minimum absolute atomic E-state index is 0.114. The van der Waals surface area contributed by atoms with Crippen LogP contribution >= 0.6 is 0 Å². The van der Waals surface area contributed by atoms with Crippen LogP contribution in [0.15, 0.2) is 54.6 Å². The number of methoxy groups -OCH3 is 1. The zero-order valence-electron chi connectivity index (χ0n) is 21.7. The third-order valence-corrected chi connectivity index (χ3v) is 6.08. The fraction of sp³-hybridized carbons (Fsp3) is 0.500. The molecule has 0 aliphatic carbocycles. The third-order valence-electron chi connectivity index (χ3n) is 6.08. The molecule has 0 bridgehead atoms. The van der Waals surface area contributed by atoms with E-state index >= 15 is 0 Å². The molecule has 0 unspecified atom stereocenters. The molecule has 0 aromatic heterocycles. The lowest BCUT2D eigenvalue weighted by Gasteiger charge is -2.44. The van der Waals surface area contributed by atoms with Gasteiger partial charge in [0.15, 0.2) is 5.54 Å². The number of likely N-dealkylation sites (tertiary alicyclic amines) is 1. The first-order valence-corrected chi connectivity index (χ1v) is 12.2. The predicted octanol–water partition coefficient (Wildman–Crippen LogP) is 5.60. The summed E-state index contributed by atoms with van der Waals surface area (Å²) in [6, 6.07) is 17.2. The summed E-state index contributed by atoms with van der Waals surface area (Å²) < 4.78 is 16.7. The van der Waals surface area contributed by atoms with Crippen molar-refractivity contribution in [2.45, 2.75) is 64.7 Å². The topological polar surface area (TPSA) is 77.1 Å². The summed E-state index contributed by atoms with van der Waals surface area (Å²) in [5, 5.41) is 3.55. The average molecular weight is 483 g/mol. The van der Waals surface area contributed by atoms with Crippen LogP contribution in [-0.2, 0) is 19.8 Å².